The molecule has 1 N–H and O–H groups in total. The van der Waals surface area contributed by atoms with Gasteiger partial charge >= 0.3 is 6.18 Å². The molecule has 3 heterocycles. The molecule has 20 heavy (non-hydrogen) atoms. The molecule has 2 aliphatic heterocycles. The van der Waals surface area contributed by atoms with Crippen molar-refractivity contribution in [3.8, 4) is 0 Å². The molecular weight excluding hydrogens is 275 g/mol. The van der Waals surface area contributed by atoms with E-state index in [0.29, 0.717) is 26.3 Å². The maximum absolute atomic E-state index is 12.7. The Morgan fingerprint density at radius 2 is 2.25 bits per heavy atom. The van der Waals surface area contributed by atoms with Gasteiger partial charge in [-0.05, 0) is 0 Å². The van der Waals surface area contributed by atoms with E-state index >= 15 is 0 Å². The van der Waals surface area contributed by atoms with Crippen LogP contribution in [0, 0.1) is 11.3 Å². The number of ether oxygens (including phenoxy) is 1. The number of halogens is 3. The summed E-state index contributed by atoms with van der Waals surface area (Å²) in [4.78, 5) is 8.94. The Morgan fingerprint density at radius 1 is 1.45 bits per heavy atom. The first-order chi connectivity index (χ1) is 9.44. The summed E-state index contributed by atoms with van der Waals surface area (Å²) in [6.07, 6.45) is -3.56. The number of rotatable bonds is 2. The number of aliphatic hydroxyl groups excluding tert-OH is 1. The molecule has 8 heteroatoms. The van der Waals surface area contributed by atoms with Gasteiger partial charge in [0, 0.05) is 30.5 Å². The predicted octanol–water partition coefficient (Wildman–Crippen LogP) is 0.941. The highest BCUT2D eigenvalue weighted by Crippen LogP contribution is 2.42. The maximum atomic E-state index is 12.7. The van der Waals surface area contributed by atoms with Gasteiger partial charge in [-0.1, -0.05) is 0 Å². The standard InChI is InChI=1S/C12H14F3N3O2/c13-12(14,15)9-1-10(17-7-16-9)18-2-8-3-20-6-11(8,4-18)5-19/h1,7-8,19H,2-6H2/t8-,11-/m0/s1. The summed E-state index contributed by atoms with van der Waals surface area (Å²) < 4.78 is 43.3. The zero-order valence-electron chi connectivity index (χ0n) is 10.6. The van der Waals surface area contributed by atoms with Crippen molar-refractivity contribution in [3.63, 3.8) is 0 Å². The number of hydrogen-bond donors (Lipinski definition) is 1. The van der Waals surface area contributed by atoms with Crippen LogP contribution >= 0.6 is 0 Å². The number of aliphatic hydroxyl groups is 1. The molecule has 2 saturated heterocycles. The van der Waals surface area contributed by atoms with Crippen molar-refractivity contribution in [2.45, 2.75) is 6.18 Å². The molecule has 0 bridgehead atoms. The van der Waals surface area contributed by atoms with Crippen molar-refractivity contribution < 1.29 is 23.0 Å². The van der Waals surface area contributed by atoms with Crippen LogP contribution in [0.1, 0.15) is 5.69 Å². The Bertz CT molecular complexity index is 511. The third kappa shape index (κ3) is 2.12. The number of nitrogens with zero attached hydrogens (tertiary/aromatic N) is 3. The molecule has 1 aromatic rings. The van der Waals surface area contributed by atoms with Gasteiger partial charge in [0.2, 0.25) is 0 Å². The Kier molecular flexibility index (Phi) is 3.09. The molecule has 0 aliphatic carbocycles. The summed E-state index contributed by atoms with van der Waals surface area (Å²) in [5.41, 5.74) is -1.34. The quantitative estimate of drug-likeness (QED) is 0.878. The second-order valence-electron chi connectivity index (χ2n) is 5.37. The van der Waals surface area contributed by atoms with Crippen molar-refractivity contribution in [2.24, 2.45) is 11.3 Å². The zero-order chi connectivity index (χ0) is 14.4. The lowest BCUT2D eigenvalue weighted by atomic mass is 9.82. The Balaban J connectivity index is 1.85. The van der Waals surface area contributed by atoms with E-state index in [1.807, 2.05) is 0 Å². The van der Waals surface area contributed by atoms with E-state index in [-0.39, 0.29) is 23.8 Å². The fraction of sp³-hybridized carbons (Fsp3) is 0.667. The third-order valence-electron chi connectivity index (χ3n) is 4.10. The molecule has 3 rings (SSSR count). The second kappa shape index (κ2) is 4.56. The molecular formula is C12H14F3N3O2. The van der Waals surface area contributed by atoms with E-state index in [9.17, 15) is 18.3 Å². The Morgan fingerprint density at radius 3 is 2.90 bits per heavy atom. The van der Waals surface area contributed by atoms with E-state index in [4.69, 9.17) is 4.74 Å². The van der Waals surface area contributed by atoms with Crippen LogP contribution in [-0.4, -0.2) is 48.0 Å². The van der Waals surface area contributed by atoms with Crippen LogP contribution in [0.2, 0.25) is 0 Å². The summed E-state index contributed by atoms with van der Waals surface area (Å²) in [7, 11) is 0. The highest BCUT2D eigenvalue weighted by Gasteiger charge is 2.50. The molecule has 0 unspecified atom stereocenters. The minimum atomic E-state index is -4.48. The first-order valence-corrected chi connectivity index (χ1v) is 6.27. The topological polar surface area (TPSA) is 58.5 Å². The van der Waals surface area contributed by atoms with Gasteiger partial charge in [0.15, 0.2) is 0 Å². The van der Waals surface area contributed by atoms with E-state index in [1.165, 1.54) is 0 Å². The van der Waals surface area contributed by atoms with E-state index in [0.717, 1.165) is 12.4 Å². The normalized spacial score (nSPS) is 29.8. The van der Waals surface area contributed by atoms with Crippen LogP contribution in [0.25, 0.3) is 0 Å². The molecule has 110 valence electrons. The van der Waals surface area contributed by atoms with Crippen molar-refractivity contribution in [2.75, 3.05) is 37.8 Å². The van der Waals surface area contributed by atoms with E-state index in [2.05, 4.69) is 9.97 Å². The predicted molar refractivity (Wildman–Crippen MR) is 63.1 cm³/mol. The van der Waals surface area contributed by atoms with Gasteiger partial charge in [-0.3, -0.25) is 0 Å². The average Bonchev–Trinajstić information content (AvgIpc) is 2.94. The SMILES string of the molecule is OC[C@@]12COC[C@@H]1CN(c1cc(C(F)(F)F)ncn1)C2. The fourth-order valence-corrected chi connectivity index (χ4v) is 2.91. The molecule has 0 saturated carbocycles. The number of anilines is 1. The highest BCUT2D eigenvalue weighted by atomic mass is 19.4. The molecule has 0 amide bonds. The molecule has 2 fully saturated rings. The molecule has 2 atom stereocenters. The van der Waals surface area contributed by atoms with Gasteiger partial charge in [0.1, 0.15) is 17.8 Å². The number of fused-ring (bicyclic) bond motifs is 1. The number of alkyl halides is 3. The first kappa shape index (κ1) is 13.6. The Hall–Kier alpha value is -1.41. The van der Waals surface area contributed by atoms with Gasteiger partial charge in [-0.2, -0.15) is 13.2 Å². The summed E-state index contributed by atoms with van der Waals surface area (Å²) >= 11 is 0. The summed E-state index contributed by atoms with van der Waals surface area (Å²) in [5.74, 6) is 0.367. The number of hydrogen-bond acceptors (Lipinski definition) is 5. The van der Waals surface area contributed by atoms with Gasteiger partial charge in [-0.25, -0.2) is 9.97 Å². The summed E-state index contributed by atoms with van der Waals surface area (Å²) in [5, 5.41) is 9.56. The first-order valence-electron chi connectivity index (χ1n) is 6.27. The van der Waals surface area contributed by atoms with Gasteiger partial charge in [0.05, 0.1) is 19.8 Å². The van der Waals surface area contributed by atoms with Crippen molar-refractivity contribution in [3.05, 3.63) is 18.1 Å². The maximum Gasteiger partial charge on any atom is 0.433 e. The van der Waals surface area contributed by atoms with E-state index in [1.54, 1.807) is 4.90 Å². The Labute approximate surface area is 113 Å². The largest absolute Gasteiger partial charge is 0.433 e. The molecule has 0 aromatic carbocycles. The second-order valence-corrected chi connectivity index (χ2v) is 5.37. The monoisotopic (exact) mass is 289 g/mol. The lowest BCUT2D eigenvalue weighted by molar-refractivity contribution is -0.141. The van der Waals surface area contributed by atoms with Crippen LogP contribution < -0.4 is 4.90 Å². The van der Waals surface area contributed by atoms with Crippen molar-refractivity contribution in [1.82, 2.24) is 9.97 Å². The van der Waals surface area contributed by atoms with E-state index < -0.39 is 11.9 Å². The molecule has 0 radical (unpaired) electrons. The van der Waals surface area contributed by atoms with Crippen molar-refractivity contribution >= 4 is 5.82 Å². The molecule has 1 aromatic heterocycles. The molecule has 5 nitrogen and oxygen atoms in total. The van der Waals surface area contributed by atoms with Crippen LogP contribution in [0.3, 0.4) is 0 Å². The van der Waals surface area contributed by atoms with Crippen LogP contribution in [-0.2, 0) is 10.9 Å². The van der Waals surface area contributed by atoms with Crippen molar-refractivity contribution in [1.29, 1.82) is 0 Å². The average molecular weight is 289 g/mol. The van der Waals surface area contributed by atoms with Gasteiger partial charge < -0.3 is 14.7 Å². The van der Waals surface area contributed by atoms with Crippen LogP contribution in [0.4, 0.5) is 19.0 Å². The smallest absolute Gasteiger partial charge is 0.396 e. The summed E-state index contributed by atoms with van der Waals surface area (Å²) in [6, 6.07) is 0.951. The van der Waals surface area contributed by atoms with Crippen LogP contribution in [0.15, 0.2) is 12.4 Å². The van der Waals surface area contributed by atoms with Gasteiger partial charge in [0.25, 0.3) is 0 Å². The lowest BCUT2D eigenvalue weighted by Gasteiger charge is -2.24. The minimum absolute atomic E-state index is 0.0363. The highest BCUT2D eigenvalue weighted by molar-refractivity contribution is 5.42. The third-order valence-corrected chi connectivity index (χ3v) is 4.10. The lowest BCUT2D eigenvalue weighted by Crippen LogP contribution is -2.34. The molecule has 0 spiro atoms. The summed E-state index contributed by atoms with van der Waals surface area (Å²) in [6.45, 7) is 1.90. The fourth-order valence-electron chi connectivity index (χ4n) is 2.91. The van der Waals surface area contributed by atoms with Gasteiger partial charge in [-0.15, -0.1) is 0 Å². The molecule has 2 aliphatic rings. The zero-order valence-corrected chi connectivity index (χ0v) is 10.6. The van der Waals surface area contributed by atoms with Crippen LogP contribution in [0.5, 0.6) is 0 Å². The number of aromatic nitrogens is 2. The minimum Gasteiger partial charge on any atom is -0.396 e.